The van der Waals surface area contributed by atoms with Gasteiger partial charge in [0.1, 0.15) is 10.7 Å². The molecule has 5 nitrogen and oxygen atoms in total. The number of nitrogens with one attached hydrogen (secondary N) is 2. The molecule has 0 aliphatic heterocycles. The molecule has 0 radical (unpaired) electrons. The Bertz CT molecular complexity index is 459. The van der Waals surface area contributed by atoms with Gasteiger partial charge in [-0.05, 0) is 24.7 Å². The Labute approximate surface area is 118 Å². The molecule has 4 N–H and O–H groups in total. The van der Waals surface area contributed by atoms with Gasteiger partial charge in [0.05, 0.1) is 0 Å². The zero-order valence-electron chi connectivity index (χ0n) is 11.7. The molecule has 0 aromatic carbocycles. The van der Waals surface area contributed by atoms with Gasteiger partial charge >= 0.3 is 0 Å². The average Bonchev–Trinajstić information content (AvgIpc) is 2.94. The molecule has 0 spiro atoms. The fourth-order valence-electron chi connectivity index (χ4n) is 2.86. The second-order valence-corrected chi connectivity index (χ2v) is 6.17. The van der Waals surface area contributed by atoms with Crippen molar-refractivity contribution in [1.82, 2.24) is 10.3 Å². The second kappa shape index (κ2) is 5.77. The van der Waals surface area contributed by atoms with Crippen LogP contribution < -0.4 is 16.4 Å². The molecule has 106 valence electrons. The van der Waals surface area contributed by atoms with Crippen molar-refractivity contribution in [3.63, 3.8) is 0 Å². The van der Waals surface area contributed by atoms with E-state index in [1.54, 1.807) is 7.05 Å². The number of amides is 1. The molecule has 1 aliphatic rings. The minimum Gasteiger partial charge on any atom is -0.382 e. The molecule has 1 heterocycles. The van der Waals surface area contributed by atoms with Crippen LogP contribution in [-0.4, -0.2) is 24.0 Å². The summed E-state index contributed by atoms with van der Waals surface area (Å²) in [5.41, 5.74) is 5.78. The number of nitrogens with zero attached hydrogens (tertiary/aromatic N) is 1. The number of aromatic nitrogens is 1. The first-order chi connectivity index (χ1) is 9.06. The largest absolute Gasteiger partial charge is 0.382 e. The smallest absolute Gasteiger partial charge is 0.265 e. The Hall–Kier alpha value is -1.30. The summed E-state index contributed by atoms with van der Waals surface area (Å²) in [6, 6.07) is 0.261. The highest BCUT2D eigenvalue weighted by molar-refractivity contribution is 7.18. The number of nitrogens with two attached hydrogens (primary N) is 1. The number of hydrogen-bond donors (Lipinski definition) is 3. The topological polar surface area (TPSA) is 80.0 Å². The van der Waals surface area contributed by atoms with Gasteiger partial charge in [-0.15, -0.1) is 0 Å². The summed E-state index contributed by atoms with van der Waals surface area (Å²) >= 11 is 1.30. The van der Waals surface area contributed by atoms with E-state index in [2.05, 4.69) is 29.5 Å². The van der Waals surface area contributed by atoms with Crippen LogP contribution in [0.4, 0.5) is 10.9 Å². The van der Waals surface area contributed by atoms with Gasteiger partial charge in [0.15, 0.2) is 5.13 Å². The van der Waals surface area contributed by atoms with Gasteiger partial charge in [-0.25, -0.2) is 4.98 Å². The first kappa shape index (κ1) is 14.1. The number of nitrogen functional groups attached to an aromatic ring is 1. The predicted molar refractivity (Wildman–Crippen MR) is 79.5 cm³/mol. The minimum absolute atomic E-state index is 0.0925. The van der Waals surface area contributed by atoms with Crippen molar-refractivity contribution >= 4 is 28.2 Å². The number of carbonyl (C=O) groups is 1. The molecular weight excluding hydrogens is 260 g/mol. The van der Waals surface area contributed by atoms with E-state index in [1.807, 2.05) is 0 Å². The SMILES string of the molecule is CCC1CCC(NC(=O)c2sc(NC)nc2N)C1C. The first-order valence-electron chi connectivity index (χ1n) is 6.81. The van der Waals surface area contributed by atoms with E-state index in [-0.39, 0.29) is 11.9 Å². The third kappa shape index (κ3) is 2.83. The van der Waals surface area contributed by atoms with Crippen LogP contribution in [0.15, 0.2) is 0 Å². The van der Waals surface area contributed by atoms with E-state index < -0.39 is 0 Å². The molecule has 3 atom stereocenters. The van der Waals surface area contributed by atoms with Gasteiger partial charge < -0.3 is 16.4 Å². The average molecular weight is 282 g/mol. The van der Waals surface area contributed by atoms with E-state index in [0.717, 1.165) is 12.3 Å². The van der Waals surface area contributed by atoms with Crippen LogP contribution in [0, 0.1) is 11.8 Å². The molecule has 0 saturated heterocycles. The summed E-state index contributed by atoms with van der Waals surface area (Å²) in [5.74, 6) is 1.47. The number of thiazole rings is 1. The molecule has 1 aromatic rings. The molecule has 19 heavy (non-hydrogen) atoms. The van der Waals surface area contributed by atoms with Crippen molar-refractivity contribution in [2.45, 2.75) is 39.2 Å². The summed E-state index contributed by atoms with van der Waals surface area (Å²) in [5, 5.41) is 6.69. The molecule has 6 heteroatoms. The van der Waals surface area contributed by atoms with Gasteiger partial charge in [-0.1, -0.05) is 31.6 Å². The highest BCUT2D eigenvalue weighted by Gasteiger charge is 2.33. The van der Waals surface area contributed by atoms with Crippen LogP contribution in [0.5, 0.6) is 0 Å². The zero-order chi connectivity index (χ0) is 14.0. The van der Waals surface area contributed by atoms with Crippen LogP contribution in [0.3, 0.4) is 0 Å². The van der Waals surface area contributed by atoms with Crippen molar-refractivity contribution in [2.75, 3.05) is 18.1 Å². The van der Waals surface area contributed by atoms with E-state index >= 15 is 0 Å². The quantitative estimate of drug-likeness (QED) is 0.791. The summed E-state index contributed by atoms with van der Waals surface area (Å²) < 4.78 is 0. The Balaban J connectivity index is 2.03. The maximum absolute atomic E-state index is 12.2. The minimum atomic E-state index is -0.0925. The lowest BCUT2D eigenvalue weighted by Crippen LogP contribution is -2.37. The molecule has 2 rings (SSSR count). The molecule has 1 amide bonds. The predicted octanol–water partition coefficient (Wildman–Crippen LogP) is 2.32. The van der Waals surface area contributed by atoms with Gasteiger partial charge in [0.25, 0.3) is 5.91 Å². The second-order valence-electron chi connectivity index (χ2n) is 5.17. The number of rotatable bonds is 4. The maximum atomic E-state index is 12.2. The van der Waals surface area contributed by atoms with E-state index in [9.17, 15) is 4.79 Å². The monoisotopic (exact) mass is 282 g/mol. The Morgan fingerprint density at radius 2 is 2.26 bits per heavy atom. The highest BCUT2D eigenvalue weighted by atomic mass is 32.1. The fourth-order valence-corrected chi connectivity index (χ4v) is 3.60. The van der Waals surface area contributed by atoms with Crippen LogP contribution in [0.25, 0.3) is 0 Å². The van der Waals surface area contributed by atoms with E-state index in [0.29, 0.717) is 21.7 Å². The fraction of sp³-hybridized carbons (Fsp3) is 0.692. The van der Waals surface area contributed by atoms with Crippen LogP contribution in [0.2, 0.25) is 0 Å². The summed E-state index contributed by atoms with van der Waals surface area (Å²) in [4.78, 5) is 16.9. The van der Waals surface area contributed by atoms with Gasteiger partial charge in [-0.3, -0.25) is 4.79 Å². The molecule has 1 aromatic heterocycles. The van der Waals surface area contributed by atoms with Crippen LogP contribution >= 0.6 is 11.3 Å². The van der Waals surface area contributed by atoms with Crippen LogP contribution in [0.1, 0.15) is 42.8 Å². The highest BCUT2D eigenvalue weighted by Crippen LogP contribution is 2.34. The zero-order valence-corrected chi connectivity index (χ0v) is 12.5. The van der Waals surface area contributed by atoms with Crippen molar-refractivity contribution in [2.24, 2.45) is 11.8 Å². The van der Waals surface area contributed by atoms with Crippen molar-refractivity contribution in [1.29, 1.82) is 0 Å². The van der Waals surface area contributed by atoms with Gasteiger partial charge in [0.2, 0.25) is 0 Å². The lowest BCUT2D eigenvalue weighted by atomic mass is 9.93. The van der Waals surface area contributed by atoms with E-state index in [1.165, 1.54) is 24.2 Å². The van der Waals surface area contributed by atoms with Crippen molar-refractivity contribution < 1.29 is 4.79 Å². The van der Waals surface area contributed by atoms with E-state index in [4.69, 9.17) is 5.73 Å². The Morgan fingerprint density at radius 3 is 2.79 bits per heavy atom. The standard InChI is InChI=1S/C13H22N4OS/c1-4-8-5-6-9(7(8)2)16-12(18)10-11(14)17-13(15-3)19-10/h7-9H,4-6,14H2,1-3H3,(H,15,17)(H,16,18). The van der Waals surface area contributed by atoms with Gasteiger partial charge in [0, 0.05) is 13.1 Å². The van der Waals surface area contributed by atoms with Gasteiger partial charge in [-0.2, -0.15) is 0 Å². The lowest BCUT2D eigenvalue weighted by Gasteiger charge is -2.20. The lowest BCUT2D eigenvalue weighted by molar-refractivity contribution is 0.0931. The van der Waals surface area contributed by atoms with Crippen LogP contribution in [-0.2, 0) is 0 Å². The van der Waals surface area contributed by atoms with Crippen molar-refractivity contribution in [3.8, 4) is 0 Å². The Morgan fingerprint density at radius 1 is 1.53 bits per heavy atom. The number of carbonyl (C=O) groups excluding carboxylic acids is 1. The molecule has 1 aliphatic carbocycles. The summed E-state index contributed by atoms with van der Waals surface area (Å²) in [6.45, 7) is 4.44. The first-order valence-corrected chi connectivity index (χ1v) is 7.63. The maximum Gasteiger partial charge on any atom is 0.265 e. The Kier molecular flexibility index (Phi) is 4.29. The third-order valence-corrected chi connectivity index (χ3v) is 5.23. The van der Waals surface area contributed by atoms with Crippen molar-refractivity contribution in [3.05, 3.63) is 4.88 Å². The molecule has 1 saturated carbocycles. The molecular formula is C13H22N4OS. The summed E-state index contributed by atoms with van der Waals surface area (Å²) in [6.07, 6.45) is 3.44. The molecule has 3 unspecified atom stereocenters. The summed E-state index contributed by atoms with van der Waals surface area (Å²) in [7, 11) is 1.77. The third-order valence-electron chi connectivity index (χ3n) is 4.14. The molecule has 1 fully saturated rings. The number of hydrogen-bond acceptors (Lipinski definition) is 5. The normalized spacial score (nSPS) is 26.4. The molecule has 0 bridgehead atoms. The number of anilines is 2.